The molecule has 0 aromatic heterocycles. The van der Waals surface area contributed by atoms with Crippen molar-refractivity contribution in [2.45, 2.75) is 58.8 Å². The number of hydrogen-bond donors (Lipinski definition) is 3. The Labute approximate surface area is 224 Å². The van der Waals surface area contributed by atoms with Crippen LogP contribution in [0.15, 0.2) is 24.3 Å². The molecule has 2 atom stereocenters. The molecule has 1 fully saturated rings. The maximum Gasteiger partial charge on any atom is 0.153 e. The number of methoxy groups -OCH3 is 1. The number of likely N-dealkylation sites (tertiary alicyclic amines) is 1. The lowest BCUT2D eigenvalue weighted by Gasteiger charge is -2.12. The molecule has 0 spiro atoms. The van der Waals surface area contributed by atoms with Crippen molar-refractivity contribution < 1.29 is 38.7 Å². The molecule has 2 rings (SSSR count). The molecule has 0 radical (unpaired) electrons. The van der Waals surface area contributed by atoms with Crippen molar-refractivity contribution in [1.29, 1.82) is 0 Å². The molecule has 10 nitrogen and oxygen atoms in total. The summed E-state index contributed by atoms with van der Waals surface area (Å²) in [5, 5.41) is 17.8. The van der Waals surface area contributed by atoms with Crippen LogP contribution in [-0.2, 0) is 28.5 Å². The smallest absolute Gasteiger partial charge is 0.153 e. The topological polar surface area (TPSA) is 141 Å². The number of rotatable bonds is 12. The fourth-order valence-electron chi connectivity index (χ4n) is 2.52. The zero-order valence-electron chi connectivity index (χ0n) is 24.0. The van der Waals surface area contributed by atoms with Crippen molar-refractivity contribution in [3.05, 3.63) is 29.8 Å². The number of nitrogens with two attached hydrogens (primary N) is 1. The van der Waals surface area contributed by atoms with Crippen LogP contribution >= 0.6 is 0 Å². The summed E-state index contributed by atoms with van der Waals surface area (Å²) in [7, 11) is 3.79. The first-order valence-corrected chi connectivity index (χ1v) is 12.5. The minimum atomic E-state index is -1.09. The first kappa shape index (κ1) is 39.6. The van der Waals surface area contributed by atoms with Crippen molar-refractivity contribution in [3.63, 3.8) is 0 Å². The Morgan fingerprint density at radius 1 is 1.05 bits per heavy atom. The fraction of sp³-hybridized carbons (Fsp3) is 0.704. The van der Waals surface area contributed by atoms with Crippen LogP contribution in [0.1, 0.15) is 52.7 Å². The second-order valence-electron chi connectivity index (χ2n) is 8.80. The molecule has 4 N–H and O–H groups in total. The Morgan fingerprint density at radius 2 is 1.51 bits per heavy atom. The SMILES string of the molecule is C=O.CC.CC(C)(C)N.COCCOCCOCCOC1CCN(C)C1.O=CC(O)c1ccc(O)cc1. The predicted octanol–water partition coefficient (Wildman–Crippen LogP) is 2.60. The van der Waals surface area contributed by atoms with E-state index in [0.717, 1.165) is 19.5 Å². The highest BCUT2D eigenvalue weighted by atomic mass is 16.6. The lowest BCUT2D eigenvalue weighted by Crippen LogP contribution is -2.26. The molecule has 10 heteroatoms. The number of nitrogens with zero attached hydrogens (tertiary/aromatic N) is 1. The van der Waals surface area contributed by atoms with Crippen LogP contribution in [0.25, 0.3) is 0 Å². The number of phenolic OH excluding ortho intramolecular Hbond substituents is 1. The number of aromatic hydroxyl groups is 1. The van der Waals surface area contributed by atoms with Crippen LogP contribution < -0.4 is 5.73 Å². The van der Waals surface area contributed by atoms with E-state index in [1.807, 2.05) is 41.4 Å². The van der Waals surface area contributed by atoms with E-state index in [9.17, 15) is 4.79 Å². The third-order valence-electron chi connectivity index (χ3n) is 4.10. The summed E-state index contributed by atoms with van der Waals surface area (Å²) in [6.07, 6.45) is 0.875. The molecule has 218 valence electrons. The summed E-state index contributed by atoms with van der Waals surface area (Å²) in [5.74, 6) is 0.117. The highest BCUT2D eigenvalue weighted by Crippen LogP contribution is 2.14. The van der Waals surface area contributed by atoms with Crippen LogP contribution in [0.4, 0.5) is 0 Å². The molecule has 1 aliphatic heterocycles. The van der Waals surface area contributed by atoms with E-state index in [-0.39, 0.29) is 11.3 Å². The average molecular weight is 533 g/mol. The number of carbonyl (C=O) groups is 2. The molecule has 1 aromatic rings. The first-order chi connectivity index (χ1) is 17.6. The molecule has 37 heavy (non-hydrogen) atoms. The number of aliphatic hydroxyl groups is 1. The molecule has 1 aromatic carbocycles. The van der Waals surface area contributed by atoms with Crippen molar-refractivity contribution in [2.24, 2.45) is 5.73 Å². The van der Waals surface area contributed by atoms with Gasteiger partial charge in [-0.15, -0.1) is 0 Å². The number of phenols is 1. The Bertz CT molecular complexity index is 605. The summed E-state index contributed by atoms with van der Waals surface area (Å²) >= 11 is 0. The zero-order valence-corrected chi connectivity index (χ0v) is 24.0. The number of carbonyl (C=O) groups excluding carboxylic acids is 2. The standard InChI is InChI=1S/C12H25NO4.C8H8O3.C4H11N.C2H6.CH2O/c1-13-4-3-12(11-13)17-10-9-16-8-7-15-6-5-14-2;9-5-8(11)6-1-3-7(10)4-2-6;1-4(2,3)5;2*1-2/h12H,3-11H2,1-2H3;1-5,8,10-11H;5H2,1-3H3;1-2H3;1H2. The molecule has 1 aliphatic rings. The van der Waals surface area contributed by atoms with E-state index in [2.05, 4.69) is 11.9 Å². The quantitative estimate of drug-likeness (QED) is 0.272. The predicted molar refractivity (Wildman–Crippen MR) is 147 cm³/mol. The number of aldehydes is 1. The van der Waals surface area contributed by atoms with Gasteiger partial charge in [-0.1, -0.05) is 26.0 Å². The van der Waals surface area contributed by atoms with Crippen molar-refractivity contribution in [2.75, 3.05) is 66.9 Å². The Kier molecular flexibility index (Phi) is 29.0. The lowest BCUT2D eigenvalue weighted by molar-refractivity contribution is -0.115. The molecular weight excluding hydrogens is 480 g/mol. The van der Waals surface area contributed by atoms with E-state index in [0.29, 0.717) is 57.6 Å². The number of likely N-dealkylation sites (N-methyl/N-ethyl adjacent to an activating group) is 1. The molecule has 0 aliphatic carbocycles. The van der Waals surface area contributed by atoms with Crippen LogP contribution in [0.3, 0.4) is 0 Å². The Balaban J connectivity index is -0.000000495. The van der Waals surface area contributed by atoms with Crippen LogP contribution in [0.2, 0.25) is 0 Å². The molecule has 1 saturated heterocycles. The van der Waals surface area contributed by atoms with Gasteiger partial charge in [-0.2, -0.15) is 0 Å². The highest BCUT2D eigenvalue weighted by molar-refractivity contribution is 5.59. The van der Waals surface area contributed by atoms with Crippen LogP contribution in [0, 0.1) is 0 Å². The van der Waals surface area contributed by atoms with Gasteiger partial charge < -0.3 is 49.4 Å². The maximum absolute atomic E-state index is 10.1. The summed E-state index contributed by atoms with van der Waals surface area (Å²) in [4.78, 5) is 20.4. The number of benzene rings is 1. The fourth-order valence-corrected chi connectivity index (χ4v) is 2.52. The van der Waals surface area contributed by atoms with Crippen molar-refractivity contribution in [1.82, 2.24) is 4.90 Å². The zero-order chi connectivity index (χ0) is 29.1. The Morgan fingerprint density at radius 3 is 1.92 bits per heavy atom. The van der Waals surface area contributed by atoms with Gasteiger partial charge in [-0.25, -0.2) is 0 Å². The van der Waals surface area contributed by atoms with E-state index in [4.69, 9.17) is 39.7 Å². The monoisotopic (exact) mass is 532 g/mol. The molecule has 1 heterocycles. The van der Waals surface area contributed by atoms with Gasteiger partial charge in [0.05, 0.1) is 45.7 Å². The van der Waals surface area contributed by atoms with Gasteiger partial charge in [0.1, 0.15) is 18.6 Å². The van der Waals surface area contributed by atoms with Gasteiger partial charge >= 0.3 is 0 Å². The second-order valence-corrected chi connectivity index (χ2v) is 8.80. The number of aliphatic hydroxyl groups excluding tert-OH is 1. The van der Waals surface area contributed by atoms with Gasteiger partial charge in [-0.05, 0) is 51.9 Å². The minimum Gasteiger partial charge on any atom is -0.508 e. The summed E-state index contributed by atoms with van der Waals surface area (Å²) in [6.45, 7) is 17.9. The van der Waals surface area contributed by atoms with Crippen molar-refractivity contribution in [3.8, 4) is 5.75 Å². The van der Waals surface area contributed by atoms with Gasteiger partial charge in [0.25, 0.3) is 0 Å². The van der Waals surface area contributed by atoms with Crippen molar-refractivity contribution >= 4 is 13.1 Å². The number of ether oxygens (including phenoxy) is 4. The average Bonchev–Trinajstić information content (AvgIpc) is 3.29. The summed E-state index contributed by atoms with van der Waals surface area (Å²) in [6, 6.07) is 5.83. The molecule has 0 saturated carbocycles. The van der Waals surface area contributed by atoms with E-state index in [1.165, 1.54) is 24.3 Å². The van der Waals surface area contributed by atoms with Gasteiger partial charge in [0.2, 0.25) is 0 Å². The largest absolute Gasteiger partial charge is 0.508 e. The Hall–Kier alpha value is -1.92. The normalized spacial score (nSPS) is 15.3. The van der Waals surface area contributed by atoms with E-state index >= 15 is 0 Å². The lowest BCUT2D eigenvalue weighted by atomic mass is 10.1. The third kappa shape index (κ3) is 30.2. The maximum atomic E-state index is 10.1. The first-order valence-electron chi connectivity index (χ1n) is 12.5. The number of hydrogen-bond acceptors (Lipinski definition) is 10. The molecule has 2 unspecified atom stereocenters. The molecule has 0 amide bonds. The van der Waals surface area contributed by atoms with E-state index in [1.54, 1.807) is 7.11 Å². The summed E-state index contributed by atoms with van der Waals surface area (Å²) in [5.41, 5.74) is 5.84. The van der Waals surface area contributed by atoms with E-state index < -0.39 is 6.10 Å². The highest BCUT2D eigenvalue weighted by Gasteiger charge is 2.19. The summed E-state index contributed by atoms with van der Waals surface area (Å²) < 4.78 is 21.2. The van der Waals surface area contributed by atoms with Gasteiger partial charge in [0, 0.05) is 25.7 Å². The molecular formula is C27H52N2O8. The van der Waals surface area contributed by atoms with Crippen LogP contribution in [-0.4, -0.2) is 107 Å². The third-order valence-corrected chi connectivity index (χ3v) is 4.10. The van der Waals surface area contributed by atoms with Gasteiger partial charge in [0.15, 0.2) is 6.29 Å². The van der Waals surface area contributed by atoms with Crippen LogP contribution in [0.5, 0.6) is 5.75 Å². The van der Waals surface area contributed by atoms with Gasteiger partial charge in [-0.3, -0.25) is 0 Å². The second kappa shape index (κ2) is 27.1. The minimum absolute atomic E-state index is 0. The molecule has 0 bridgehead atoms.